The molecule has 1 aromatic carbocycles. The van der Waals surface area contributed by atoms with Gasteiger partial charge in [-0.25, -0.2) is 0 Å². The van der Waals surface area contributed by atoms with E-state index in [2.05, 4.69) is 59.3 Å². The highest BCUT2D eigenvalue weighted by Gasteiger charge is 2.07. The Kier molecular flexibility index (Phi) is 6.68. The molecule has 1 unspecified atom stereocenters. The van der Waals surface area contributed by atoms with Crippen molar-refractivity contribution >= 4 is 15.9 Å². The normalized spacial score (nSPS) is 12.8. The molecule has 0 aromatic heterocycles. The molecule has 4 heteroatoms. The summed E-state index contributed by atoms with van der Waals surface area (Å²) in [5, 5.41) is 3.53. The standard InChI is InChI=1S/C14H23BrN2O/c1-11(16-8-5-9-17(2)3)12-6-7-14(18-4)13(15)10-12/h6-7,10-11,16H,5,8-9H2,1-4H3. The zero-order valence-corrected chi connectivity index (χ0v) is 13.3. The molecule has 18 heavy (non-hydrogen) atoms. The summed E-state index contributed by atoms with van der Waals surface area (Å²) >= 11 is 3.52. The van der Waals surface area contributed by atoms with E-state index in [4.69, 9.17) is 4.74 Å². The Balaban J connectivity index is 2.46. The van der Waals surface area contributed by atoms with Crippen molar-refractivity contribution in [2.45, 2.75) is 19.4 Å². The predicted octanol–water partition coefficient (Wildman–Crippen LogP) is 3.06. The zero-order chi connectivity index (χ0) is 13.5. The Labute approximate surface area is 119 Å². The lowest BCUT2D eigenvalue weighted by Gasteiger charge is -2.16. The van der Waals surface area contributed by atoms with Crippen LogP contribution in [0.2, 0.25) is 0 Å². The summed E-state index contributed by atoms with van der Waals surface area (Å²) in [6, 6.07) is 6.57. The predicted molar refractivity (Wildman–Crippen MR) is 80.3 cm³/mol. The summed E-state index contributed by atoms with van der Waals surface area (Å²) in [7, 11) is 5.89. The number of nitrogens with one attached hydrogen (secondary N) is 1. The minimum atomic E-state index is 0.356. The third kappa shape index (κ3) is 4.96. The molecule has 1 rings (SSSR count). The first-order chi connectivity index (χ1) is 8.54. The van der Waals surface area contributed by atoms with Gasteiger partial charge < -0.3 is 15.0 Å². The highest BCUT2D eigenvalue weighted by Crippen LogP contribution is 2.27. The van der Waals surface area contributed by atoms with Crippen LogP contribution in [0.4, 0.5) is 0 Å². The number of benzene rings is 1. The molecule has 1 aromatic rings. The lowest BCUT2D eigenvalue weighted by Crippen LogP contribution is -2.23. The molecule has 0 aliphatic heterocycles. The molecule has 0 aliphatic rings. The van der Waals surface area contributed by atoms with Gasteiger partial charge in [0.2, 0.25) is 0 Å². The van der Waals surface area contributed by atoms with Gasteiger partial charge in [-0.3, -0.25) is 0 Å². The molecule has 3 nitrogen and oxygen atoms in total. The van der Waals surface area contributed by atoms with Crippen molar-refractivity contribution in [2.75, 3.05) is 34.3 Å². The number of nitrogens with zero attached hydrogens (tertiary/aromatic N) is 1. The van der Waals surface area contributed by atoms with Gasteiger partial charge in [0.25, 0.3) is 0 Å². The fourth-order valence-corrected chi connectivity index (χ4v) is 2.34. The second kappa shape index (κ2) is 7.77. The monoisotopic (exact) mass is 314 g/mol. The fraction of sp³-hybridized carbons (Fsp3) is 0.571. The topological polar surface area (TPSA) is 24.5 Å². The molecule has 0 heterocycles. The summed E-state index contributed by atoms with van der Waals surface area (Å²) in [6.45, 7) is 4.33. The molecular weight excluding hydrogens is 292 g/mol. The average Bonchev–Trinajstić information content (AvgIpc) is 2.34. The van der Waals surface area contributed by atoms with Crippen molar-refractivity contribution in [1.29, 1.82) is 0 Å². The number of rotatable bonds is 7. The average molecular weight is 315 g/mol. The van der Waals surface area contributed by atoms with Gasteiger partial charge in [-0.1, -0.05) is 6.07 Å². The maximum atomic E-state index is 5.23. The molecule has 0 radical (unpaired) electrons. The largest absolute Gasteiger partial charge is 0.496 e. The summed E-state index contributed by atoms with van der Waals surface area (Å²) in [5.41, 5.74) is 1.27. The van der Waals surface area contributed by atoms with Crippen molar-refractivity contribution in [3.05, 3.63) is 28.2 Å². The second-order valence-electron chi connectivity index (χ2n) is 4.73. The molecule has 0 amide bonds. The molecule has 102 valence electrons. The number of ether oxygens (including phenoxy) is 1. The van der Waals surface area contributed by atoms with E-state index in [1.807, 2.05) is 6.07 Å². The zero-order valence-electron chi connectivity index (χ0n) is 11.7. The Morgan fingerprint density at radius 3 is 2.67 bits per heavy atom. The highest BCUT2D eigenvalue weighted by atomic mass is 79.9. The second-order valence-corrected chi connectivity index (χ2v) is 5.58. The Morgan fingerprint density at radius 2 is 2.11 bits per heavy atom. The van der Waals surface area contributed by atoms with E-state index in [1.165, 1.54) is 5.56 Å². The van der Waals surface area contributed by atoms with Crippen LogP contribution in [0, 0.1) is 0 Å². The Bertz CT molecular complexity index is 369. The highest BCUT2D eigenvalue weighted by molar-refractivity contribution is 9.10. The molecular formula is C14H23BrN2O. The van der Waals surface area contributed by atoms with Gasteiger partial charge in [-0.05, 0) is 74.2 Å². The molecule has 0 fully saturated rings. The maximum absolute atomic E-state index is 5.23. The quantitative estimate of drug-likeness (QED) is 0.783. The molecule has 0 saturated heterocycles. The third-order valence-electron chi connectivity index (χ3n) is 2.91. The first-order valence-electron chi connectivity index (χ1n) is 6.26. The number of hydrogen-bond donors (Lipinski definition) is 1. The van der Waals surface area contributed by atoms with E-state index < -0.39 is 0 Å². The summed E-state index contributed by atoms with van der Waals surface area (Å²) in [4.78, 5) is 2.20. The van der Waals surface area contributed by atoms with E-state index in [0.29, 0.717) is 6.04 Å². The molecule has 0 bridgehead atoms. The summed E-state index contributed by atoms with van der Waals surface area (Å²) in [6.07, 6.45) is 1.16. The van der Waals surface area contributed by atoms with Crippen molar-refractivity contribution in [2.24, 2.45) is 0 Å². The molecule has 0 saturated carbocycles. The summed E-state index contributed by atoms with van der Waals surface area (Å²) in [5.74, 6) is 0.874. The third-order valence-corrected chi connectivity index (χ3v) is 3.53. The molecule has 0 aliphatic carbocycles. The van der Waals surface area contributed by atoms with Crippen molar-refractivity contribution in [1.82, 2.24) is 10.2 Å². The van der Waals surface area contributed by atoms with Crippen LogP contribution in [0.25, 0.3) is 0 Å². The van der Waals surface area contributed by atoms with Gasteiger partial charge in [0, 0.05) is 6.04 Å². The molecule has 1 atom stereocenters. The minimum absolute atomic E-state index is 0.356. The van der Waals surface area contributed by atoms with Crippen LogP contribution in [0.1, 0.15) is 24.9 Å². The van der Waals surface area contributed by atoms with Crippen LogP contribution in [-0.4, -0.2) is 39.2 Å². The number of hydrogen-bond acceptors (Lipinski definition) is 3. The van der Waals surface area contributed by atoms with E-state index in [9.17, 15) is 0 Å². The van der Waals surface area contributed by atoms with E-state index in [1.54, 1.807) is 7.11 Å². The van der Waals surface area contributed by atoms with Crippen molar-refractivity contribution in [3.8, 4) is 5.75 Å². The first kappa shape index (κ1) is 15.5. The van der Waals surface area contributed by atoms with E-state index in [0.717, 1.165) is 29.7 Å². The van der Waals surface area contributed by atoms with Gasteiger partial charge in [0.15, 0.2) is 0 Å². The van der Waals surface area contributed by atoms with Crippen LogP contribution in [0.5, 0.6) is 5.75 Å². The lowest BCUT2D eigenvalue weighted by molar-refractivity contribution is 0.389. The van der Waals surface area contributed by atoms with Crippen LogP contribution in [0.15, 0.2) is 22.7 Å². The van der Waals surface area contributed by atoms with Gasteiger partial charge in [-0.2, -0.15) is 0 Å². The summed E-state index contributed by atoms with van der Waals surface area (Å²) < 4.78 is 6.24. The van der Waals surface area contributed by atoms with Crippen LogP contribution in [-0.2, 0) is 0 Å². The van der Waals surface area contributed by atoms with Gasteiger partial charge in [0.1, 0.15) is 5.75 Å². The van der Waals surface area contributed by atoms with Crippen LogP contribution in [0.3, 0.4) is 0 Å². The molecule has 0 spiro atoms. The number of methoxy groups -OCH3 is 1. The van der Waals surface area contributed by atoms with E-state index in [-0.39, 0.29) is 0 Å². The Morgan fingerprint density at radius 1 is 1.39 bits per heavy atom. The maximum Gasteiger partial charge on any atom is 0.133 e. The van der Waals surface area contributed by atoms with Gasteiger partial charge >= 0.3 is 0 Å². The smallest absolute Gasteiger partial charge is 0.133 e. The SMILES string of the molecule is COc1ccc(C(C)NCCCN(C)C)cc1Br. The minimum Gasteiger partial charge on any atom is -0.496 e. The number of halogens is 1. The van der Waals surface area contributed by atoms with Crippen LogP contribution >= 0.6 is 15.9 Å². The molecule has 1 N–H and O–H groups in total. The van der Waals surface area contributed by atoms with Crippen LogP contribution < -0.4 is 10.1 Å². The van der Waals surface area contributed by atoms with Gasteiger partial charge in [0.05, 0.1) is 11.6 Å². The van der Waals surface area contributed by atoms with Crippen molar-refractivity contribution < 1.29 is 4.74 Å². The fourth-order valence-electron chi connectivity index (χ4n) is 1.78. The van der Waals surface area contributed by atoms with Gasteiger partial charge in [-0.15, -0.1) is 0 Å². The van der Waals surface area contributed by atoms with Crippen molar-refractivity contribution in [3.63, 3.8) is 0 Å². The Hall–Kier alpha value is -0.580. The van der Waals surface area contributed by atoms with E-state index >= 15 is 0 Å². The lowest BCUT2D eigenvalue weighted by atomic mass is 10.1. The first-order valence-corrected chi connectivity index (χ1v) is 7.05.